The fraction of sp³-hybridized carbons (Fsp3) is 0.111. The maximum absolute atomic E-state index is 13.1. The molecule has 0 fully saturated rings. The van der Waals surface area contributed by atoms with Crippen LogP contribution in [0.1, 0.15) is 20.7 Å². The summed E-state index contributed by atoms with van der Waals surface area (Å²) in [4.78, 5) is 21.6. The minimum absolute atomic E-state index is 0.166. The van der Waals surface area contributed by atoms with Crippen molar-refractivity contribution in [2.75, 3.05) is 7.11 Å². The zero-order valence-electron chi connectivity index (χ0n) is 7.58. The maximum Gasteiger partial charge on any atom is 0.339 e. The number of rotatable bonds is 2. The first-order valence-electron chi connectivity index (χ1n) is 3.78. The molecule has 1 rings (SSSR count). The summed E-state index contributed by atoms with van der Waals surface area (Å²) in [5.41, 5.74) is -0.797. The number of carbonyl (C=O) groups excluding carboxylic acids is 1. The van der Waals surface area contributed by atoms with Crippen molar-refractivity contribution in [3.05, 3.63) is 34.1 Å². The van der Waals surface area contributed by atoms with Crippen LogP contribution in [0.25, 0.3) is 0 Å². The van der Waals surface area contributed by atoms with Gasteiger partial charge in [-0.1, -0.05) is 11.6 Å². The van der Waals surface area contributed by atoms with E-state index < -0.39 is 23.3 Å². The lowest BCUT2D eigenvalue weighted by atomic mass is 10.1. The second-order valence-corrected chi connectivity index (χ2v) is 3.02. The average Bonchev–Trinajstić information content (AvgIpc) is 2.19. The van der Waals surface area contributed by atoms with E-state index in [4.69, 9.17) is 16.7 Å². The molecule has 1 aromatic rings. The van der Waals surface area contributed by atoms with Crippen molar-refractivity contribution < 1.29 is 23.8 Å². The summed E-state index contributed by atoms with van der Waals surface area (Å²) in [6, 6.07) is 1.60. The Kier molecular flexibility index (Phi) is 3.26. The average molecular weight is 233 g/mol. The molecule has 0 saturated carbocycles. The van der Waals surface area contributed by atoms with Gasteiger partial charge in [0.25, 0.3) is 0 Å². The van der Waals surface area contributed by atoms with E-state index in [9.17, 15) is 14.0 Å². The zero-order chi connectivity index (χ0) is 11.6. The van der Waals surface area contributed by atoms with Crippen LogP contribution in [0, 0.1) is 5.82 Å². The largest absolute Gasteiger partial charge is 0.478 e. The minimum atomic E-state index is -1.45. The number of aromatic carboxylic acids is 1. The van der Waals surface area contributed by atoms with E-state index in [-0.39, 0.29) is 10.6 Å². The fourth-order valence-corrected chi connectivity index (χ4v) is 1.22. The van der Waals surface area contributed by atoms with Crippen molar-refractivity contribution >= 4 is 23.5 Å². The summed E-state index contributed by atoms with van der Waals surface area (Å²) in [6.07, 6.45) is 0. The molecule has 0 spiro atoms. The zero-order valence-corrected chi connectivity index (χ0v) is 8.34. The van der Waals surface area contributed by atoms with Gasteiger partial charge < -0.3 is 9.84 Å². The van der Waals surface area contributed by atoms with E-state index in [1.54, 1.807) is 0 Å². The van der Waals surface area contributed by atoms with Crippen LogP contribution in [0.4, 0.5) is 4.39 Å². The molecule has 0 aliphatic carbocycles. The lowest BCUT2D eigenvalue weighted by Gasteiger charge is -2.04. The molecular formula is C9H6ClFO4. The van der Waals surface area contributed by atoms with Gasteiger partial charge in [0, 0.05) is 0 Å². The quantitative estimate of drug-likeness (QED) is 0.792. The molecule has 0 unspecified atom stereocenters. The number of hydrogen-bond acceptors (Lipinski definition) is 3. The molecule has 0 radical (unpaired) electrons. The monoisotopic (exact) mass is 232 g/mol. The molecule has 0 heterocycles. The van der Waals surface area contributed by atoms with E-state index in [0.717, 1.165) is 19.2 Å². The minimum Gasteiger partial charge on any atom is -0.478 e. The highest BCUT2D eigenvalue weighted by molar-refractivity contribution is 6.33. The van der Waals surface area contributed by atoms with Crippen LogP contribution in [-0.2, 0) is 4.74 Å². The molecule has 1 aromatic carbocycles. The van der Waals surface area contributed by atoms with E-state index in [2.05, 4.69) is 4.74 Å². The number of esters is 1. The van der Waals surface area contributed by atoms with Crippen molar-refractivity contribution in [1.82, 2.24) is 0 Å². The Labute approximate surface area is 89.2 Å². The second kappa shape index (κ2) is 4.27. The van der Waals surface area contributed by atoms with Gasteiger partial charge in [0.1, 0.15) is 5.82 Å². The number of carboxylic acids is 1. The first-order chi connectivity index (χ1) is 6.97. The highest BCUT2D eigenvalue weighted by atomic mass is 35.5. The molecule has 0 saturated heterocycles. The smallest absolute Gasteiger partial charge is 0.339 e. The van der Waals surface area contributed by atoms with Crippen molar-refractivity contribution in [3.63, 3.8) is 0 Å². The standard InChI is InChI=1S/C9H6ClFO4/c1-15-9(14)4-3-7(11)5(8(12)13)2-6(4)10/h2-3H,1H3,(H,12,13). The second-order valence-electron chi connectivity index (χ2n) is 2.61. The molecule has 0 atom stereocenters. The predicted molar refractivity (Wildman–Crippen MR) is 49.7 cm³/mol. The van der Waals surface area contributed by atoms with Gasteiger partial charge in [-0.05, 0) is 12.1 Å². The summed E-state index contributed by atoms with van der Waals surface area (Å²) in [7, 11) is 1.11. The number of benzene rings is 1. The Morgan fingerprint density at radius 2 is 2.00 bits per heavy atom. The lowest BCUT2D eigenvalue weighted by molar-refractivity contribution is 0.0597. The van der Waals surface area contributed by atoms with Gasteiger partial charge in [0.2, 0.25) is 0 Å². The van der Waals surface area contributed by atoms with E-state index >= 15 is 0 Å². The molecule has 80 valence electrons. The van der Waals surface area contributed by atoms with Gasteiger partial charge in [-0.25, -0.2) is 14.0 Å². The van der Waals surface area contributed by atoms with Gasteiger partial charge in [0.05, 0.1) is 23.3 Å². The van der Waals surface area contributed by atoms with Crippen LogP contribution >= 0.6 is 11.6 Å². The Bertz CT molecular complexity index is 430. The van der Waals surface area contributed by atoms with E-state index in [1.165, 1.54) is 0 Å². The van der Waals surface area contributed by atoms with Crippen LogP contribution in [0.5, 0.6) is 0 Å². The van der Waals surface area contributed by atoms with Crippen molar-refractivity contribution in [1.29, 1.82) is 0 Å². The third kappa shape index (κ3) is 2.24. The first-order valence-corrected chi connectivity index (χ1v) is 4.15. The predicted octanol–water partition coefficient (Wildman–Crippen LogP) is 1.96. The summed E-state index contributed by atoms with van der Waals surface area (Å²) < 4.78 is 17.5. The number of ether oxygens (including phenoxy) is 1. The van der Waals surface area contributed by atoms with Crippen LogP contribution in [0.3, 0.4) is 0 Å². The Morgan fingerprint density at radius 1 is 1.40 bits per heavy atom. The summed E-state index contributed by atoms with van der Waals surface area (Å²) in [6.45, 7) is 0. The van der Waals surface area contributed by atoms with Gasteiger partial charge in [-0.3, -0.25) is 0 Å². The molecule has 0 amide bonds. The molecular weight excluding hydrogens is 227 g/mol. The summed E-state index contributed by atoms with van der Waals surface area (Å²) >= 11 is 5.59. The van der Waals surface area contributed by atoms with Crippen LogP contribution in [0.2, 0.25) is 5.02 Å². The third-order valence-corrected chi connectivity index (χ3v) is 2.01. The molecule has 1 N–H and O–H groups in total. The number of methoxy groups -OCH3 is 1. The maximum atomic E-state index is 13.1. The summed E-state index contributed by atoms with van der Waals surface area (Å²) in [5.74, 6) is -3.31. The Morgan fingerprint density at radius 3 is 2.47 bits per heavy atom. The number of carbonyl (C=O) groups is 2. The topological polar surface area (TPSA) is 63.6 Å². The number of hydrogen-bond donors (Lipinski definition) is 1. The molecule has 0 aromatic heterocycles. The van der Waals surface area contributed by atoms with E-state index in [1.807, 2.05) is 0 Å². The van der Waals surface area contributed by atoms with Crippen molar-refractivity contribution in [2.24, 2.45) is 0 Å². The molecule has 0 aliphatic heterocycles. The fourth-order valence-electron chi connectivity index (χ4n) is 0.977. The van der Waals surface area contributed by atoms with Crippen molar-refractivity contribution in [2.45, 2.75) is 0 Å². The summed E-state index contributed by atoms with van der Waals surface area (Å²) in [5, 5.41) is 8.40. The highest BCUT2D eigenvalue weighted by Gasteiger charge is 2.18. The SMILES string of the molecule is COC(=O)c1cc(F)c(C(=O)O)cc1Cl. The lowest BCUT2D eigenvalue weighted by Crippen LogP contribution is -2.07. The van der Waals surface area contributed by atoms with Gasteiger partial charge in [0.15, 0.2) is 0 Å². The van der Waals surface area contributed by atoms with Crippen LogP contribution in [0.15, 0.2) is 12.1 Å². The Balaban J connectivity index is 3.31. The van der Waals surface area contributed by atoms with Gasteiger partial charge in [-0.2, -0.15) is 0 Å². The molecule has 6 heteroatoms. The normalized spacial score (nSPS) is 9.80. The molecule has 0 bridgehead atoms. The molecule has 4 nitrogen and oxygen atoms in total. The first kappa shape index (κ1) is 11.5. The van der Waals surface area contributed by atoms with Crippen LogP contribution in [-0.4, -0.2) is 24.2 Å². The van der Waals surface area contributed by atoms with Gasteiger partial charge >= 0.3 is 11.9 Å². The highest BCUT2D eigenvalue weighted by Crippen LogP contribution is 2.21. The van der Waals surface area contributed by atoms with Crippen molar-refractivity contribution in [3.8, 4) is 0 Å². The molecule has 0 aliphatic rings. The number of halogens is 2. The van der Waals surface area contributed by atoms with Gasteiger partial charge in [-0.15, -0.1) is 0 Å². The number of carboxylic acid groups (broad SMARTS) is 1. The van der Waals surface area contributed by atoms with Crippen LogP contribution < -0.4 is 0 Å². The third-order valence-electron chi connectivity index (χ3n) is 1.69. The molecule has 15 heavy (non-hydrogen) atoms. The van der Waals surface area contributed by atoms with E-state index in [0.29, 0.717) is 0 Å². The Hall–Kier alpha value is -1.62.